The van der Waals surface area contributed by atoms with Crippen LogP contribution in [0.2, 0.25) is 0 Å². The van der Waals surface area contributed by atoms with Crippen molar-refractivity contribution in [1.82, 2.24) is 19.7 Å². The molecule has 0 N–H and O–H groups in total. The zero-order chi connectivity index (χ0) is 19.8. The van der Waals surface area contributed by atoms with E-state index in [0.717, 1.165) is 50.9 Å². The van der Waals surface area contributed by atoms with Gasteiger partial charge in [-0.1, -0.05) is 6.07 Å². The van der Waals surface area contributed by atoms with Crippen LogP contribution in [-0.4, -0.2) is 59.0 Å². The van der Waals surface area contributed by atoms with Gasteiger partial charge < -0.3 is 18.9 Å². The highest BCUT2D eigenvalue weighted by atomic mass is 16.5. The van der Waals surface area contributed by atoms with Crippen LogP contribution in [0.4, 0.5) is 0 Å². The van der Waals surface area contributed by atoms with E-state index in [9.17, 15) is 4.79 Å². The van der Waals surface area contributed by atoms with Crippen molar-refractivity contribution < 1.29 is 14.3 Å². The second-order valence-corrected chi connectivity index (χ2v) is 8.73. The van der Waals surface area contributed by atoms with E-state index < -0.39 is 0 Å². The normalized spacial score (nSPS) is 23.5. The van der Waals surface area contributed by atoms with E-state index in [2.05, 4.69) is 14.8 Å². The third kappa shape index (κ3) is 3.52. The van der Waals surface area contributed by atoms with Crippen molar-refractivity contribution in [2.24, 2.45) is 11.3 Å². The van der Waals surface area contributed by atoms with Crippen molar-refractivity contribution in [3.05, 3.63) is 42.0 Å². The highest BCUT2D eigenvalue weighted by Crippen LogP contribution is 2.49. The standard InChI is InChI=1S/C22H28N4O3/c1-28-18-4-2-3-17(11-18)21(27)25-13-19(22(14-25)7-9-29-10-8-22)20-24-23-15-26(20)12-16-5-6-16/h2-4,11,15-16,19H,5-10,12-14H2,1H3. The smallest absolute Gasteiger partial charge is 0.254 e. The van der Waals surface area contributed by atoms with Gasteiger partial charge in [-0.2, -0.15) is 0 Å². The topological polar surface area (TPSA) is 69.5 Å². The molecule has 1 atom stereocenters. The quantitative estimate of drug-likeness (QED) is 0.777. The predicted octanol–water partition coefficient (Wildman–Crippen LogP) is 2.73. The minimum atomic E-state index is 0.0150. The average molecular weight is 396 g/mol. The SMILES string of the molecule is COc1cccc(C(=O)N2CC(c3nncn3CC3CC3)C3(CCOCC3)C2)c1. The highest BCUT2D eigenvalue weighted by Gasteiger charge is 2.51. The van der Waals surface area contributed by atoms with Gasteiger partial charge in [0.15, 0.2) is 0 Å². The summed E-state index contributed by atoms with van der Waals surface area (Å²) in [5, 5.41) is 8.77. The van der Waals surface area contributed by atoms with E-state index >= 15 is 0 Å². The van der Waals surface area contributed by atoms with Crippen LogP contribution in [0.1, 0.15) is 47.8 Å². The fourth-order valence-electron chi connectivity index (χ4n) is 4.96. The first kappa shape index (κ1) is 18.6. The van der Waals surface area contributed by atoms with E-state index in [1.807, 2.05) is 35.5 Å². The molecule has 0 radical (unpaired) electrons. The van der Waals surface area contributed by atoms with Crippen LogP contribution >= 0.6 is 0 Å². The molecule has 1 amide bonds. The number of carbonyl (C=O) groups is 1. The van der Waals surface area contributed by atoms with Crippen molar-refractivity contribution in [2.45, 2.75) is 38.1 Å². The fraction of sp³-hybridized carbons (Fsp3) is 0.591. The predicted molar refractivity (Wildman–Crippen MR) is 107 cm³/mol. The Kier molecular flexibility index (Phi) is 4.78. The van der Waals surface area contributed by atoms with Crippen molar-refractivity contribution in [1.29, 1.82) is 0 Å². The molecule has 1 spiro atoms. The van der Waals surface area contributed by atoms with E-state index in [-0.39, 0.29) is 17.2 Å². The summed E-state index contributed by atoms with van der Waals surface area (Å²) in [4.78, 5) is 15.3. The van der Waals surface area contributed by atoms with E-state index in [4.69, 9.17) is 9.47 Å². The number of aromatic nitrogens is 3. The summed E-state index contributed by atoms with van der Waals surface area (Å²) >= 11 is 0. The molecule has 7 nitrogen and oxygen atoms in total. The number of rotatable bonds is 5. The Morgan fingerprint density at radius 3 is 2.90 bits per heavy atom. The molecule has 3 fully saturated rings. The van der Waals surface area contributed by atoms with Gasteiger partial charge in [-0.3, -0.25) is 4.79 Å². The molecule has 2 aromatic rings. The molecule has 5 rings (SSSR count). The molecule has 1 aromatic heterocycles. The molecule has 2 aliphatic heterocycles. The Bertz CT molecular complexity index is 886. The van der Waals surface area contributed by atoms with Crippen LogP contribution in [0.5, 0.6) is 5.75 Å². The Balaban J connectivity index is 1.44. The maximum absolute atomic E-state index is 13.3. The van der Waals surface area contributed by atoms with Gasteiger partial charge in [0.05, 0.1) is 7.11 Å². The lowest BCUT2D eigenvalue weighted by atomic mass is 9.71. The van der Waals surface area contributed by atoms with Crippen LogP contribution < -0.4 is 4.74 Å². The summed E-state index contributed by atoms with van der Waals surface area (Å²) in [6.07, 6.45) is 6.36. The molecular formula is C22H28N4O3. The van der Waals surface area contributed by atoms with Gasteiger partial charge in [-0.25, -0.2) is 0 Å². The van der Waals surface area contributed by atoms with Gasteiger partial charge in [0, 0.05) is 49.7 Å². The second-order valence-electron chi connectivity index (χ2n) is 8.73. The monoisotopic (exact) mass is 396 g/mol. The molecule has 29 heavy (non-hydrogen) atoms. The largest absolute Gasteiger partial charge is 0.497 e. The summed E-state index contributed by atoms with van der Waals surface area (Å²) in [5.41, 5.74) is 0.688. The minimum Gasteiger partial charge on any atom is -0.497 e. The zero-order valence-corrected chi connectivity index (χ0v) is 16.9. The number of nitrogens with zero attached hydrogens (tertiary/aromatic N) is 4. The fourth-order valence-corrected chi connectivity index (χ4v) is 4.96. The van der Waals surface area contributed by atoms with Crippen LogP contribution in [0.25, 0.3) is 0 Å². The van der Waals surface area contributed by atoms with Crippen molar-refractivity contribution in [3.8, 4) is 5.75 Å². The Hall–Kier alpha value is -2.41. The second kappa shape index (κ2) is 7.44. The average Bonchev–Trinajstić information content (AvgIpc) is 3.35. The van der Waals surface area contributed by atoms with Gasteiger partial charge >= 0.3 is 0 Å². The van der Waals surface area contributed by atoms with Gasteiger partial charge in [-0.05, 0) is 49.8 Å². The first-order chi connectivity index (χ1) is 14.2. The lowest BCUT2D eigenvalue weighted by Gasteiger charge is -2.37. The first-order valence-electron chi connectivity index (χ1n) is 10.6. The van der Waals surface area contributed by atoms with E-state index in [1.165, 1.54) is 12.8 Å². The molecule has 2 saturated heterocycles. The number of carbonyl (C=O) groups excluding carboxylic acids is 1. The molecule has 1 aliphatic carbocycles. The van der Waals surface area contributed by atoms with Crippen molar-refractivity contribution in [2.75, 3.05) is 33.4 Å². The molecule has 1 aromatic carbocycles. The van der Waals surface area contributed by atoms with E-state index in [1.54, 1.807) is 7.11 Å². The summed E-state index contributed by atoms with van der Waals surface area (Å²) in [7, 11) is 1.62. The molecule has 0 bridgehead atoms. The van der Waals surface area contributed by atoms with Crippen molar-refractivity contribution >= 4 is 5.91 Å². The number of ether oxygens (including phenoxy) is 2. The maximum Gasteiger partial charge on any atom is 0.254 e. The van der Waals surface area contributed by atoms with Crippen LogP contribution in [-0.2, 0) is 11.3 Å². The van der Waals surface area contributed by atoms with Crippen LogP contribution in [0.15, 0.2) is 30.6 Å². The Morgan fingerprint density at radius 2 is 2.14 bits per heavy atom. The third-order valence-corrected chi connectivity index (χ3v) is 6.85. The highest BCUT2D eigenvalue weighted by molar-refractivity contribution is 5.95. The van der Waals surface area contributed by atoms with Crippen LogP contribution in [0, 0.1) is 11.3 Å². The minimum absolute atomic E-state index is 0.0150. The number of methoxy groups -OCH3 is 1. The Morgan fingerprint density at radius 1 is 1.31 bits per heavy atom. The van der Waals surface area contributed by atoms with Gasteiger partial charge in [0.1, 0.15) is 17.9 Å². The van der Waals surface area contributed by atoms with E-state index in [0.29, 0.717) is 17.9 Å². The summed E-state index contributed by atoms with van der Waals surface area (Å²) < 4.78 is 13.2. The number of benzene rings is 1. The summed E-state index contributed by atoms with van der Waals surface area (Å²) in [6.45, 7) is 3.91. The third-order valence-electron chi connectivity index (χ3n) is 6.85. The zero-order valence-electron chi connectivity index (χ0n) is 16.9. The van der Waals surface area contributed by atoms with Crippen molar-refractivity contribution in [3.63, 3.8) is 0 Å². The Labute approximate surface area is 171 Å². The molecule has 1 unspecified atom stereocenters. The van der Waals surface area contributed by atoms with Gasteiger partial charge in [0.2, 0.25) is 0 Å². The molecule has 1 saturated carbocycles. The van der Waals surface area contributed by atoms with Crippen LogP contribution in [0.3, 0.4) is 0 Å². The molecular weight excluding hydrogens is 368 g/mol. The van der Waals surface area contributed by atoms with Gasteiger partial charge in [0.25, 0.3) is 5.91 Å². The van der Waals surface area contributed by atoms with Gasteiger partial charge in [-0.15, -0.1) is 10.2 Å². The maximum atomic E-state index is 13.3. The molecule has 3 aliphatic rings. The number of hydrogen-bond donors (Lipinski definition) is 0. The molecule has 3 heterocycles. The molecule has 7 heteroatoms. The lowest BCUT2D eigenvalue weighted by molar-refractivity contribution is 0.0107. The summed E-state index contributed by atoms with van der Waals surface area (Å²) in [6, 6.07) is 7.42. The number of amides is 1. The number of hydrogen-bond acceptors (Lipinski definition) is 5. The summed E-state index contributed by atoms with van der Waals surface area (Å²) in [5.74, 6) is 2.76. The number of likely N-dealkylation sites (tertiary alicyclic amines) is 1. The molecule has 154 valence electrons. The lowest BCUT2D eigenvalue weighted by Crippen LogP contribution is -2.37. The first-order valence-corrected chi connectivity index (χ1v) is 10.6.